The molecule has 0 radical (unpaired) electrons. The molecule has 0 unspecified atom stereocenters. The molecule has 0 amide bonds. The highest BCUT2D eigenvalue weighted by atomic mass is 35.5. The van der Waals surface area contributed by atoms with Crippen molar-refractivity contribution in [1.82, 2.24) is 10.2 Å². The van der Waals surface area contributed by atoms with Gasteiger partial charge in [0.25, 0.3) is 0 Å². The van der Waals surface area contributed by atoms with Crippen LogP contribution >= 0.6 is 23.2 Å². The highest BCUT2D eigenvalue weighted by Gasteiger charge is 2.58. The molecule has 0 aliphatic heterocycles. The Bertz CT molecular complexity index is 392. The van der Waals surface area contributed by atoms with E-state index in [0.717, 1.165) is 5.56 Å². The maximum absolute atomic E-state index is 6.01. The van der Waals surface area contributed by atoms with Gasteiger partial charge in [-0.2, -0.15) is 0 Å². The molecule has 0 spiro atoms. The average molecular weight is 246 g/mol. The van der Waals surface area contributed by atoms with Crippen molar-refractivity contribution in [2.45, 2.75) is 19.8 Å². The minimum Gasteiger partial charge on any atom is -0.330 e. The molecule has 1 fully saturated rings. The summed E-state index contributed by atoms with van der Waals surface area (Å²) >= 11 is 11.8. The van der Waals surface area contributed by atoms with Crippen LogP contribution in [0, 0.1) is 11.3 Å². The lowest BCUT2D eigenvalue weighted by molar-refractivity contribution is 0.558. The van der Waals surface area contributed by atoms with E-state index in [1.165, 1.54) is 0 Å². The summed E-state index contributed by atoms with van der Waals surface area (Å²) in [6.07, 6.45) is 0. The second-order valence-corrected chi connectivity index (χ2v) is 5.30. The zero-order valence-corrected chi connectivity index (χ0v) is 10.2. The largest absolute Gasteiger partial charge is 0.330 e. The lowest BCUT2D eigenvalue weighted by Gasteiger charge is -2.04. The highest BCUT2D eigenvalue weighted by Crippen LogP contribution is 2.64. The van der Waals surface area contributed by atoms with Crippen LogP contribution in [0.25, 0.3) is 0 Å². The van der Waals surface area contributed by atoms with E-state index >= 15 is 0 Å². The summed E-state index contributed by atoms with van der Waals surface area (Å²) in [4.78, 5) is 0. The van der Waals surface area contributed by atoms with E-state index < -0.39 is 0 Å². The molecule has 82 valence electrons. The molecule has 0 aromatic carbocycles. The molecule has 1 aliphatic rings. The van der Waals surface area contributed by atoms with E-state index in [1.54, 1.807) is 6.07 Å². The normalized spacial score (nSPS) is 27.8. The van der Waals surface area contributed by atoms with Gasteiger partial charge in [0.15, 0.2) is 10.3 Å². The molecule has 0 saturated heterocycles. The van der Waals surface area contributed by atoms with E-state index in [0.29, 0.717) is 28.7 Å². The minimum absolute atomic E-state index is 0.185. The van der Waals surface area contributed by atoms with Crippen LogP contribution in [0.2, 0.25) is 10.3 Å². The van der Waals surface area contributed by atoms with Crippen molar-refractivity contribution in [3.8, 4) is 0 Å². The number of nitrogens with two attached hydrogens (primary N) is 1. The molecule has 1 saturated carbocycles. The molecular weight excluding hydrogens is 233 g/mol. The van der Waals surface area contributed by atoms with Crippen molar-refractivity contribution in [3.05, 3.63) is 21.9 Å². The number of hydrogen-bond donors (Lipinski definition) is 1. The van der Waals surface area contributed by atoms with Crippen LogP contribution in [0.1, 0.15) is 25.3 Å². The van der Waals surface area contributed by atoms with Gasteiger partial charge in [-0.15, -0.1) is 10.2 Å². The van der Waals surface area contributed by atoms with Crippen LogP contribution in [-0.4, -0.2) is 16.7 Å². The highest BCUT2D eigenvalue weighted by molar-refractivity contribution is 6.31. The van der Waals surface area contributed by atoms with Gasteiger partial charge >= 0.3 is 0 Å². The van der Waals surface area contributed by atoms with Gasteiger partial charge < -0.3 is 5.73 Å². The Labute approximate surface area is 99.0 Å². The molecule has 15 heavy (non-hydrogen) atoms. The number of halogens is 2. The van der Waals surface area contributed by atoms with Gasteiger partial charge in [0.1, 0.15) is 0 Å². The maximum atomic E-state index is 6.01. The molecule has 2 N–H and O–H groups in total. The second kappa shape index (κ2) is 3.58. The maximum Gasteiger partial charge on any atom is 0.155 e. The van der Waals surface area contributed by atoms with Crippen LogP contribution < -0.4 is 5.73 Å². The Kier molecular flexibility index (Phi) is 2.65. The quantitative estimate of drug-likeness (QED) is 0.872. The lowest BCUT2D eigenvalue weighted by Crippen LogP contribution is -2.05. The van der Waals surface area contributed by atoms with Gasteiger partial charge in [-0.3, -0.25) is 0 Å². The van der Waals surface area contributed by atoms with Crippen molar-refractivity contribution >= 4 is 23.2 Å². The number of hydrogen-bond acceptors (Lipinski definition) is 3. The van der Waals surface area contributed by atoms with Crippen molar-refractivity contribution in [3.63, 3.8) is 0 Å². The van der Waals surface area contributed by atoms with Crippen molar-refractivity contribution in [1.29, 1.82) is 0 Å². The Balaban J connectivity index is 2.36. The van der Waals surface area contributed by atoms with Crippen LogP contribution in [0.3, 0.4) is 0 Å². The molecule has 1 aromatic heterocycles. The monoisotopic (exact) mass is 245 g/mol. The van der Waals surface area contributed by atoms with E-state index in [-0.39, 0.29) is 5.41 Å². The minimum atomic E-state index is 0.185. The Morgan fingerprint density at radius 3 is 2.60 bits per heavy atom. The van der Waals surface area contributed by atoms with Crippen molar-refractivity contribution in [2.75, 3.05) is 6.54 Å². The SMILES string of the molecule is CC1(C)[C@H](CN)[C@H]1c1cc(Cl)nnc1Cl. The van der Waals surface area contributed by atoms with Gasteiger partial charge in [0.2, 0.25) is 0 Å². The third kappa shape index (κ3) is 1.73. The van der Waals surface area contributed by atoms with Gasteiger partial charge in [0, 0.05) is 0 Å². The fourth-order valence-corrected chi connectivity index (χ4v) is 2.75. The summed E-state index contributed by atoms with van der Waals surface area (Å²) in [7, 11) is 0. The van der Waals surface area contributed by atoms with E-state index in [4.69, 9.17) is 28.9 Å². The molecule has 3 nitrogen and oxygen atoms in total. The first-order valence-corrected chi connectivity index (χ1v) is 5.62. The van der Waals surface area contributed by atoms with E-state index in [2.05, 4.69) is 24.0 Å². The third-order valence-corrected chi connectivity index (χ3v) is 3.86. The summed E-state index contributed by atoms with van der Waals surface area (Å²) < 4.78 is 0. The standard InChI is InChI=1S/C10H13Cl2N3/c1-10(2)6(4-13)8(10)5-3-7(11)14-15-9(5)12/h3,6,8H,4,13H2,1-2H3/t6-,8-/m1/s1. The lowest BCUT2D eigenvalue weighted by atomic mass is 10.1. The molecular formula is C10H13Cl2N3. The molecule has 2 rings (SSSR count). The zero-order chi connectivity index (χ0) is 11.2. The van der Waals surface area contributed by atoms with Crippen LogP contribution in [0.4, 0.5) is 0 Å². The summed E-state index contributed by atoms with van der Waals surface area (Å²) in [5.41, 5.74) is 6.87. The zero-order valence-electron chi connectivity index (χ0n) is 8.67. The summed E-state index contributed by atoms with van der Waals surface area (Å²) in [6, 6.07) is 1.79. The number of nitrogens with zero attached hydrogens (tertiary/aromatic N) is 2. The molecule has 2 atom stereocenters. The van der Waals surface area contributed by atoms with Crippen LogP contribution in [0.5, 0.6) is 0 Å². The van der Waals surface area contributed by atoms with E-state index in [9.17, 15) is 0 Å². The van der Waals surface area contributed by atoms with Gasteiger partial charge in [-0.05, 0) is 35.4 Å². The van der Waals surface area contributed by atoms with Crippen molar-refractivity contribution in [2.24, 2.45) is 17.1 Å². The smallest absolute Gasteiger partial charge is 0.155 e. The van der Waals surface area contributed by atoms with E-state index in [1.807, 2.05) is 0 Å². The topological polar surface area (TPSA) is 51.8 Å². The summed E-state index contributed by atoms with van der Waals surface area (Å²) in [6.45, 7) is 5.02. The number of rotatable bonds is 2. The summed E-state index contributed by atoms with van der Waals surface area (Å²) in [5.74, 6) is 0.804. The van der Waals surface area contributed by atoms with Gasteiger partial charge in [-0.1, -0.05) is 37.0 Å². The first-order valence-electron chi connectivity index (χ1n) is 4.87. The Hall–Kier alpha value is -0.380. The second-order valence-electron chi connectivity index (χ2n) is 4.55. The predicted octanol–water partition coefficient (Wildman–Crippen LogP) is 2.48. The fourth-order valence-electron chi connectivity index (χ4n) is 2.39. The molecule has 1 aromatic rings. The Morgan fingerprint density at radius 2 is 2.07 bits per heavy atom. The van der Waals surface area contributed by atoms with Crippen LogP contribution in [-0.2, 0) is 0 Å². The molecule has 5 heteroatoms. The molecule has 1 heterocycles. The van der Waals surface area contributed by atoms with Gasteiger partial charge in [-0.25, -0.2) is 0 Å². The predicted molar refractivity (Wildman–Crippen MR) is 61.1 cm³/mol. The molecule has 1 aliphatic carbocycles. The average Bonchev–Trinajstić information content (AvgIpc) is 2.72. The molecule has 0 bridgehead atoms. The first kappa shape index (κ1) is 11.1. The Morgan fingerprint density at radius 1 is 1.40 bits per heavy atom. The van der Waals surface area contributed by atoms with Crippen LogP contribution in [0.15, 0.2) is 6.07 Å². The third-order valence-electron chi connectivity index (χ3n) is 3.39. The first-order chi connectivity index (χ1) is 6.98. The van der Waals surface area contributed by atoms with Crippen molar-refractivity contribution < 1.29 is 0 Å². The summed E-state index contributed by atoms with van der Waals surface area (Å²) in [5, 5.41) is 8.34. The van der Waals surface area contributed by atoms with Gasteiger partial charge in [0.05, 0.1) is 0 Å². The fraction of sp³-hybridized carbons (Fsp3) is 0.600. The number of aromatic nitrogens is 2.